The van der Waals surface area contributed by atoms with E-state index >= 15 is 0 Å². The quantitative estimate of drug-likeness (QED) is 0.645. The van der Waals surface area contributed by atoms with E-state index in [0.29, 0.717) is 38.2 Å². The van der Waals surface area contributed by atoms with Gasteiger partial charge in [-0.25, -0.2) is 4.39 Å². The fourth-order valence-corrected chi connectivity index (χ4v) is 3.99. The first-order valence-electron chi connectivity index (χ1n) is 11.1. The zero-order valence-corrected chi connectivity index (χ0v) is 19.2. The summed E-state index contributed by atoms with van der Waals surface area (Å²) in [7, 11) is 0. The van der Waals surface area contributed by atoms with Gasteiger partial charge in [-0.1, -0.05) is 51.1 Å². The normalized spacial score (nSPS) is 15.5. The standard InChI is InChI=1S/C25H29FN4O3/c1-25(2,3)22(24(32)29-12-14-33-15-13-29)27-23(31)21-19-6-4-5-7-20(19)30(28-21)16-17-8-10-18(26)11-9-17/h4-11,22H,12-16H2,1-3H3,(H,27,31)/t22-/m1/s1. The van der Waals surface area contributed by atoms with Crippen LogP contribution in [0.25, 0.3) is 10.9 Å². The first-order valence-corrected chi connectivity index (χ1v) is 11.1. The fraction of sp³-hybridized carbons (Fsp3) is 0.400. The molecule has 1 fully saturated rings. The van der Waals surface area contributed by atoms with Gasteiger partial charge in [-0.05, 0) is 29.2 Å². The molecule has 1 N–H and O–H groups in total. The number of hydrogen-bond donors (Lipinski definition) is 1. The topological polar surface area (TPSA) is 76.5 Å². The van der Waals surface area contributed by atoms with Crippen molar-refractivity contribution in [3.63, 3.8) is 0 Å². The summed E-state index contributed by atoms with van der Waals surface area (Å²) in [5.74, 6) is -0.818. The third-order valence-electron chi connectivity index (χ3n) is 5.83. The number of hydrogen-bond acceptors (Lipinski definition) is 4. The second kappa shape index (κ2) is 9.31. The van der Waals surface area contributed by atoms with Gasteiger partial charge in [0.2, 0.25) is 5.91 Å². The van der Waals surface area contributed by atoms with Crippen molar-refractivity contribution in [3.05, 3.63) is 65.6 Å². The first-order chi connectivity index (χ1) is 15.7. The fourth-order valence-electron chi connectivity index (χ4n) is 3.99. The monoisotopic (exact) mass is 452 g/mol. The average Bonchev–Trinajstić information content (AvgIpc) is 3.17. The van der Waals surface area contributed by atoms with Crippen LogP contribution in [-0.2, 0) is 16.1 Å². The zero-order chi connectivity index (χ0) is 23.6. The zero-order valence-electron chi connectivity index (χ0n) is 19.2. The minimum Gasteiger partial charge on any atom is -0.378 e. The molecule has 1 saturated heterocycles. The number of para-hydroxylation sites is 1. The number of morpholine rings is 1. The average molecular weight is 453 g/mol. The van der Waals surface area contributed by atoms with Crippen molar-refractivity contribution >= 4 is 22.7 Å². The number of carbonyl (C=O) groups excluding carboxylic acids is 2. The molecule has 1 aromatic heterocycles. The molecule has 2 aromatic carbocycles. The Bertz CT molecular complexity index is 1140. The second-order valence-corrected chi connectivity index (χ2v) is 9.36. The Morgan fingerprint density at radius 1 is 1.09 bits per heavy atom. The predicted molar refractivity (Wildman–Crippen MR) is 123 cm³/mol. The van der Waals surface area contributed by atoms with Crippen molar-refractivity contribution in [1.29, 1.82) is 0 Å². The van der Waals surface area contributed by atoms with Crippen LogP contribution in [0.1, 0.15) is 36.8 Å². The molecule has 2 amide bonds. The van der Waals surface area contributed by atoms with Crippen molar-refractivity contribution in [2.45, 2.75) is 33.4 Å². The molecular formula is C25H29FN4O3. The van der Waals surface area contributed by atoms with Crippen LogP contribution < -0.4 is 5.32 Å². The molecule has 174 valence electrons. The van der Waals surface area contributed by atoms with E-state index in [4.69, 9.17) is 4.74 Å². The Hall–Kier alpha value is -3.26. The summed E-state index contributed by atoms with van der Waals surface area (Å²) in [6.45, 7) is 8.20. The number of benzene rings is 2. The van der Waals surface area contributed by atoms with Gasteiger partial charge in [0, 0.05) is 18.5 Å². The third-order valence-corrected chi connectivity index (χ3v) is 5.83. The maximum atomic E-state index is 13.4. The molecule has 7 nitrogen and oxygen atoms in total. The van der Waals surface area contributed by atoms with Gasteiger partial charge in [0.05, 0.1) is 25.3 Å². The first kappa shape index (κ1) is 22.9. The highest BCUT2D eigenvalue weighted by atomic mass is 19.1. The van der Waals surface area contributed by atoms with Crippen molar-refractivity contribution in [2.24, 2.45) is 5.41 Å². The number of fused-ring (bicyclic) bond motifs is 1. The summed E-state index contributed by atoms with van der Waals surface area (Å²) in [4.78, 5) is 28.4. The molecule has 0 radical (unpaired) electrons. The van der Waals surface area contributed by atoms with E-state index < -0.39 is 17.4 Å². The van der Waals surface area contributed by atoms with Gasteiger partial charge >= 0.3 is 0 Å². The molecule has 4 rings (SSSR count). The van der Waals surface area contributed by atoms with E-state index in [1.807, 2.05) is 45.0 Å². The molecule has 0 unspecified atom stereocenters. The molecule has 1 atom stereocenters. The molecule has 0 saturated carbocycles. The van der Waals surface area contributed by atoms with Gasteiger partial charge in [0.1, 0.15) is 11.9 Å². The molecule has 1 aliphatic heterocycles. The van der Waals surface area contributed by atoms with Crippen LogP contribution in [-0.4, -0.2) is 58.8 Å². The minimum atomic E-state index is -0.705. The lowest BCUT2D eigenvalue weighted by Crippen LogP contribution is -2.56. The summed E-state index contributed by atoms with van der Waals surface area (Å²) in [6.07, 6.45) is 0. The number of rotatable bonds is 5. The van der Waals surface area contributed by atoms with Crippen LogP contribution in [0.15, 0.2) is 48.5 Å². The highest BCUT2D eigenvalue weighted by Crippen LogP contribution is 2.24. The van der Waals surface area contributed by atoms with Gasteiger partial charge in [-0.2, -0.15) is 5.10 Å². The van der Waals surface area contributed by atoms with E-state index in [2.05, 4.69) is 10.4 Å². The molecule has 8 heteroatoms. The van der Waals surface area contributed by atoms with Crippen molar-refractivity contribution in [1.82, 2.24) is 20.0 Å². The highest BCUT2D eigenvalue weighted by Gasteiger charge is 2.37. The SMILES string of the molecule is CC(C)(C)[C@H](NC(=O)c1nn(Cc2ccc(F)cc2)c2ccccc12)C(=O)N1CCOCC1. The molecule has 33 heavy (non-hydrogen) atoms. The number of aromatic nitrogens is 2. The van der Waals surface area contributed by atoms with Gasteiger partial charge in [-0.15, -0.1) is 0 Å². The van der Waals surface area contributed by atoms with Gasteiger partial charge < -0.3 is 15.0 Å². The Morgan fingerprint density at radius 3 is 2.42 bits per heavy atom. The molecule has 0 aliphatic carbocycles. The van der Waals surface area contributed by atoms with E-state index in [0.717, 1.165) is 11.1 Å². The maximum Gasteiger partial charge on any atom is 0.273 e. The van der Waals surface area contributed by atoms with Crippen molar-refractivity contribution in [2.75, 3.05) is 26.3 Å². The summed E-state index contributed by atoms with van der Waals surface area (Å²) in [5.41, 5.74) is 1.43. The van der Waals surface area contributed by atoms with Gasteiger partial charge in [-0.3, -0.25) is 14.3 Å². The number of nitrogens with one attached hydrogen (secondary N) is 1. The number of ether oxygens (including phenoxy) is 1. The second-order valence-electron chi connectivity index (χ2n) is 9.36. The van der Waals surface area contributed by atoms with E-state index in [1.54, 1.807) is 21.7 Å². The smallest absolute Gasteiger partial charge is 0.273 e. The van der Waals surface area contributed by atoms with Crippen LogP contribution in [0.3, 0.4) is 0 Å². The van der Waals surface area contributed by atoms with Gasteiger partial charge in [0.15, 0.2) is 5.69 Å². The Labute approximate surface area is 192 Å². The summed E-state index contributed by atoms with van der Waals surface area (Å²) in [5, 5.41) is 8.23. The van der Waals surface area contributed by atoms with Crippen LogP contribution >= 0.6 is 0 Å². The third kappa shape index (κ3) is 5.06. The maximum absolute atomic E-state index is 13.4. The summed E-state index contributed by atoms with van der Waals surface area (Å²) >= 11 is 0. The summed E-state index contributed by atoms with van der Waals surface area (Å²) < 4.78 is 20.4. The molecule has 0 spiro atoms. The number of nitrogens with zero attached hydrogens (tertiary/aromatic N) is 3. The van der Waals surface area contributed by atoms with E-state index in [1.165, 1.54) is 12.1 Å². The van der Waals surface area contributed by atoms with Crippen LogP contribution in [0.2, 0.25) is 0 Å². The van der Waals surface area contributed by atoms with Crippen molar-refractivity contribution < 1.29 is 18.7 Å². The molecule has 3 aromatic rings. The van der Waals surface area contributed by atoms with E-state index in [9.17, 15) is 14.0 Å². The number of amides is 2. The summed E-state index contributed by atoms with van der Waals surface area (Å²) in [6, 6.07) is 13.0. The number of halogens is 1. The lowest BCUT2D eigenvalue weighted by atomic mass is 9.85. The highest BCUT2D eigenvalue weighted by molar-refractivity contribution is 6.06. The van der Waals surface area contributed by atoms with Crippen molar-refractivity contribution in [3.8, 4) is 0 Å². The lowest BCUT2D eigenvalue weighted by Gasteiger charge is -2.36. The molecule has 2 heterocycles. The molecular weight excluding hydrogens is 423 g/mol. The molecule has 0 bridgehead atoms. The molecule has 1 aliphatic rings. The van der Waals surface area contributed by atoms with Crippen LogP contribution in [0.5, 0.6) is 0 Å². The van der Waals surface area contributed by atoms with E-state index in [-0.39, 0.29) is 17.4 Å². The predicted octanol–water partition coefficient (Wildman–Crippen LogP) is 3.23. The van der Waals surface area contributed by atoms with Crippen LogP contribution in [0, 0.1) is 11.2 Å². The Kier molecular flexibility index (Phi) is 6.47. The van der Waals surface area contributed by atoms with Gasteiger partial charge in [0.25, 0.3) is 5.91 Å². The van der Waals surface area contributed by atoms with Crippen LogP contribution in [0.4, 0.5) is 4.39 Å². The largest absolute Gasteiger partial charge is 0.378 e. The minimum absolute atomic E-state index is 0.116. The number of carbonyl (C=O) groups is 2. The Morgan fingerprint density at radius 2 is 1.76 bits per heavy atom. The lowest BCUT2D eigenvalue weighted by molar-refractivity contribution is -0.139. The Balaban J connectivity index is 1.62.